The van der Waals surface area contributed by atoms with Gasteiger partial charge in [-0.15, -0.1) is 12.4 Å². The monoisotopic (exact) mass is 280 g/mol. The van der Waals surface area contributed by atoms with Gasteiger partial charge < -0.3 is 16.6 Å². The van der Waals surface area contributed by atoms with E-state index in [1.54, 1.807) is 12.1 Å². The number of aromatic hydroxyl groups is 1. The Morgan fingerprint density at radius 2 is 2.07 bits per heavy atom. The summed E-state index contributed by atoms with van der Waals surface area (Å²) < 4.78 is 0.910. The predicted molar refractivity (Wildman–Crippen MR) is 63.7 cm³/mol. The number of hydrogen-bond acceptors (Lipinski definition) is 3. The van der Waals surface area contributed by atoms with Crippen LogP contribution in [0.2, 0.25) is 0 Å². The van der Waals surface area contributed by atoms with Gasteiger partial charge in [0.05, 0.1) is 0 Å². The lowest BCUT2D eigenvalue weighted by molar-refractivity contribution is 0.459. The van der Waals surface area contributed by atoms with Gasteiger partial charge in [0.15, 0.2) is 0 Å². The van der Waals surface area contributed by atoms with E-state index in [0.29, 0.717) is 13.0 Å². The number of phenols is 1. The average Bonchev–Trinajstić information content (AvgIpc) is 2.09. The smallest absolute Gasteiger partial charge is 0.120 e. The summed E-state index contributed by atoms with van der Waals surface area (Å²) in [5.41, 5.74) is 11.9. The second-order valence-electron chi connectivity index (χ2n) is 2.89. The number of phenolic OH excluding ortho intramolecular Hbond substituents is 1. The SMILES string of the molecule is Cl.NCC[C@H](N)c1cc(Br)ccc1O. The highest BCUT2D eigenvalue weighted by atomic mass is 79.9. The number of hydrogen-bond donors (Lipinski definition) is 3. The molecule has 0 amide bonds. The van der Waals surface area contributed by atoms with Gasteiger partial charge in [-0.1, -0.05) is 15.9 Å². The Balaban J connectivity index is 0.00000169. The maximum Gasteiger partial charge on any atom is 0.120 e. The van der Waals surface area contributed by atoms with Gasteiger partial charge in [-0.2, -0.15) is 0 Å². The van der Waals surface area contributed by atoms with E-state index >= 15 is 0 Å². The topological polar surface area (TPSA) is 72.3 Å². The molecular weight excluding hydrogens is 267 g/mol. The number of benzene rings is 1. The van der Waals surface area contributed by atoms with Crippen molar-refractivity contribution in [2.75, 3.05) is 6.54 Å². The van der Waals surface area contributed by atoms with Crippen molar-refractivity contribution in [3.05, 3.63) is 28.2 Å². The predicted octanol–water partition coefficient (Wildman–Crippen LogP) is 1.93. The molecule has 0 heterocycles. The summed E-state index contributed by atoms with van der Waals surface area (Å²) >= 11 is 3.32. The summed E-state index contributed by atoms with van der Waals surface area (Å²) in [6, 6.07) is 5.02. The molecule has 0 aliphatic carbocycles. The zero-order valence-electron chi connectivity index (χ0n) is 7.61. The summed E-state index contributed by atoms with van der Waals surface area (Å²) in [6.07, 6.45) is 0.671. The lowest BCUT2D eigenvalue weighted by Gasteiger charge is -2.12. The second-order valence-corrected chi connectivity index (χ2v) is 3.80. The van der Waals surface area contributed by atoms with Crippen LogP contribution in [-0.4, -0.2) is 11.7 Å². The normalized spacial score (nSPS) is 11.9. The molecule has 0 bridgehead atoms. The van der Waals surface area contributed by atoms with E-state index in [9.17, 15) is 5.11 Å². The van der Waals surface area contributed by atoms with Crippen LogP contribution in [0, 0.1) is 0 Å². The molecule has 14 heavy (non-hydrogen) atoms. The van der Waals surface area contributed by atoms with Gasteiger partial charge in [0.2, 0.25) is 0 Å². The number of nitrogens with two attached hydrogens (primary N) is 2. The Labute approximate surface area is 98.0 Å². The molecule has 0 saturated heterocycles. The fourth-order valence-corrected chi connectivity index (χ4v) is 1.54. The van der Waals surface area contributed by atoms with Crippen molar-refractivity contribution in [1.29, 1.82) is 0 Å². The minimum absolute atomic E-state index is 0. The molecular formula is C9H14BrClN2O. The zero-order chi connectivity index (χ0) is 9.84. The van der Waals surface area contributed by atoms with Crippen LogP contribution in [0.15, 0.2) is 22.7 Å². The quantitative estimate of drug-likeness (QED) is 0.792. The van der Waals surface area contributed by atoms with Crippen molar-refractivity contribution in [2.45, 2.75) is 12.5 Å². The molecule has 0 radical (unpaired) electrons. The largest absolute Gasteiger partial charge is 0.508 e. The minimum Gasteiger partial charge on any atom is -0.508 e. The van der Waals surface area contributed by atoms with Gasteiger partial charge in [0.25, 0.3) is 0 Å². The lowest BCUT2D eigenvalue weighted by Crippen LogP contribution is -2.15. The summed E-state index contributed by atoms with van der Waals surface area (Å²) in [4.78, 5) is 0. The maximum atomic E-state index is 9.49. The molecule has 1 aromatic rings. The van der Waals surface area contributed by atoms with Crippen molar-refractivity contribution >= 4 is 28.3 Å². The standard InChI is InChI=1S/C9H13BrN2O.ClH/c10-6-1-2-9(13)7(5-6)8(12)3-4-11;/h1-2,5,8,13H,3-4,11-12H2;1H/t8-;/m0./s1. The van der Waals surface area contributed by atoms with Crippen molar-refractivity contribution in [3.8, 4) is 5.75 Å². The van der Waals surface area contributed by atoms with E-state index in [0.717, 1.165) is 10.0 Å². The van der Waals surface area contributed by atoms with E-state index in [1.807, 2.05) is 6.07 Å². The first kappa shape index (κ1) is 13.7. The second kappa shape index (κ2) is 6.24. The van der Waals surface area contributed by atoms with Crippen LogP contribution in [0.25, 0.3) is 0 Å². The summed E-state index contributed by atoms with van der Waals surface area (Å²) in [5, 5.41) is 9.49. The zero-order valence-corrected chi connectivity index (χ0v) is 10.0. The molecule has 0 aliphatic heterocycles. The van der Waals surface area contributed by atoms with Crippen molar-refractivity contribution < 1.29 is 5.11 Å². The van der Waals surface area contributed by atoms with Crippen LogP contribution in [-0.2, 0) is 0 Å². The van der Waals surface area contributed by atoms with E-state index < -0.39 is 0 Å². The van der Waals surface area contributed by atoms with Crippen molar-refractivity contribution in [2.24, 2.45) is 11.5 Å². The molecule has 1 aromatic carbocycles. The first-order valence-electron chi connectivity index (χ1n) is 4.09. The molecule has 5 heteroatoms. The number of rotatable bonds is 3. The lowest BCUT2D eigenvalue weighted by atomic mass is 10.0. The fraction of sp³-hybridized carbons (Fsp3) is 0.333. The van der Waals surface area contributed by atoms with Crippen LogP contribution in [0.3, 0.4) is 0 Å². The molecule has 1 rings (SSSR count). The average molecular weight is 282 g/mol. The molecule has 0 spiro atoms. The highest BCUT2D eigenvalue weighted by molar-refractivity contribution is 9.10. The summed E-state index contributed by atoms with van der Waals surface area (Å²) in [6.45, 7) is 0.521. The third kappa shape index (κ3) is 3.46. The first-order chi connectivity index (χ1) is 6.15. The van der Waals surface area contributed by atoms with E-state index in [2.05, 4.69) is 15.9 Å². The van der Waals surface area contributed by atoms with E-state index in [-0.39, 0.29) is 24.2 Å². The molecule has 0 unspecified atom stereocenters. The Kier molecular flexibility index (Phi) is 6.11. The first-order valence-corrected chi connectivity index (χ1v) is 4.88. The summed E-state index contributed by atoms with van der Waals surface area (Å²) in [5.74, 6) is 0.226. The van der Waals surface area contributed by atoms with Crippen molar-refractivity contribution in [3.63, 3.8) is 0 Å². The van der Waals surface area contributed by atoms with Gasteiger partial charge >= 0.3 is 0 Å². The van der Waals surface area contributed by atoms with Crippen molar-refractivity contribution in [1.82, 2.24) is 0 Å². The molecule has 5 N–H and O–H groups in total. The van der Waals surface area contributed by atoms with Gasteiger partial charge in [0.1, 0.15) is 5.75 Å². The molecule has 1 atom stereocenters. The van der Waals surface area contributed by atoms with Gasteiger partial charge in [0, 0.05) is 16.1 Å². The van der Waals surface area contributed by atoms with Crippen LogP contribution >= 0.6 is 28.3 Å². The molecule has 0 aliphatic rings. The Bertz CT molecular complexity index is 296. The van der Waals surface area contributed by atoms with Gasteiger partial charge in [-0.05, 0) is 31.2 Å². The fourth-order valence-electron chi connectivity index (χ4n) is 1.16. The third-order valence-corrected chi connectivity index (χ3v) is 2.36. The highest BCUT2D eigenvalue weighted by Gasteiger charge is 2.09. The Morgan fingerprint density at radius 3 is 2.64 bits per heavy atom. The maximum absolute atomic E-state index is 9.49. The molecule has 3 nitrogen and oxygen atoms in total. The Morgan fingerprint density at radius 1 is 1.43 bits per heavy atom. The van der Waals surface area contributed by atoms with Crippen LogP contribution in [0.4, 0.5) is 0 Å². The van der Waals surface area contributed by atoms with E-state index in [4.69, 9.17) is 11.5 Å². The summed E-state index contributed by atoms with van der Waals surface area (Å²) in [7, 11) is 0. The Hall–Kier alpha value is -0.290. The molecule has 0 saturated carbocycles. The van der Waals surface area contributed by atoms with Crippen LogP contribution in [0.5, 0.6) is 5.75 Å². The molecule has 0 fully saturated rings. The highest BCUT2D eigenvalue weighted by Crippen LogP contribution is 2.27. The van der Waals surface area contributed by atoms with Crippen LogP contribution < -0.4 is 11.5 Å². The minimum atomic E-state index is -0.192. The van der Waals surface area contributed by atoms with E-state index in [1.165, 1.54) is 0 Å². The van der Waals surface area contributed by atoms with Gasteiger partial charge in [-0.25, -0.2) is 0 Å². The van der Waals surface area contributed by atoms with Crippen LogP contribution in [0.1, 0.15) is 18.0 Å². The third-order valence-electron chi connectivity index (χ3n) is 1.87. The van der Waals surface area contributed by atoms with Gasteiger partial charge in [-0.3, -0.25) is 0 Å². The molecule has 80 valence electrons. The molecule has 0 aromatic heterocycles. The number of halogens is 2.